The average Bonchev–Trinajstić information content (AvgIpc) is 2.92. The first-order valence-corrected chi connectivity index (χ1v) is 7.32. The molecular weight excluding hydrogens is 268 g/mol. The van der Waals surface area contributed by atoms with Crippen molar-refractivity contribution >= 4 is 17.0 Å². The molecule has 0 aliphatic rings. The number of aromatic nitrogens is 2. The maximum absolute atomic E-state index is 12.4. The summed E-state index contributed by atoms with van der Waals surface area (Å²) in [7, 11) is 1.62. The van der Waals surface area contributed by atoms with Crippen molar-refractivity contribution in [2.24, 2.45) is 0 Å². The van der Waals surface area contributed by atoms with Crippen molar-refractivity contribution in [3.63, 3.8) is 0 Å². The van der Waals surface area contributed by atoms with Gasteiger partial charge in [0.25, 0.3) is 0 Å². The summed E-state index contributed by atoms with van der Waals surface area (Å²) in [5, 5.41) is 0. The van der Waals surface area contributed by atoms with Gasteiger partial charge in [-0.2, -0.15) is 0 Å². The van der Waals surface area contributed by atoms with Crippen molar-refractivity contribution in [1.29, 1.82) is 0 Å². The maximum Gasteiger partial charge on any atom is 0.319 e. The first kappa shape index (κ1) is 15.4. The number of H-pyrrole nitrogens is 1. The molecule has 5 nitrogen and oxygen atoms in total. The number of rotatable bonds is 6. The summed E-state index contributed by atoms with van der Waals surface area (Å²) in [4.78, 5) is 20.3. The lowest BCUT2D eigenvalue weighted by Crippen LogP contribution is -2.37. The molecule has 0 spiro atoms. The molecular formula is C16H22N2O3. The second-order valence-electron chi connectivity index (χ2n) is 4.98. The van der Waals surface area contributed by atoms with Gasteiger partial charge in [0.15, 0.2) is 0 Å². The highest BCUT2D eigenvalue weighted by atomic mass is 16.5. The van der Waals surface area contributed by atoms with E-state index in [4.69, 9.17) is 9.47 Å². The highest BCUT2D eigenvalue weighted by Crippen LogP contribution is 2.33. The molecule has 21 heavy (non-hydrogen) atoms. The Labute approximate surface area is 124 Å². The van der Waals surface area contributed by atoms with Crippen LogP contribution in [0.3, 0.4) is 0 Å². The van der Waals surface area contributed by atoms with Crippen LogP contribution in [0.15, 0.2) is 18.2 Å². The summed E-state index contributed by atoms with van der Waals surface area (Å²) in [6, 6.07) is 5.62. The molecule has 0 radical (unpaired) electrons. The molecule has 0 saturated heterocycles. The Morgan fingerprint density at radius 1 is 1.29 bits per heavy atom. The molecule has 1 aromatic heterocycles. The third-order valence-corrected chi connectivity index (χ3v) is 4.02. The third-order valence-electron chi connectivity index (χ3n) is 4.02. The third kappa shape index (κ3) is 2.60. The van der Waals surface area contributed by atoms with Gasteiger partial charge in [-0.3, -0.25) is 4.79 Å². The number of carbonyl (C=O) groups is 1. The van der Waals surface area contributed by atoms with Crippen molar-refractivity contribution < 1.29 is 14.3 Å². The summed E-state index contributed by atoms with van der Waals surface area (Å²) in [6.07, 6.45) is 1.28. The Hall–Kier alpha value is -2.04. The quantitative estimate of drug-likeness (QED) is 0.830. The number of nitrogens with zero attached hydrogens (tertiary/aromatic N) is 1. The SMILES string of the molecule is CCOC(=O)C(CC)(CC)c1nc2ccc(OC)cc2[nH]1. The monoisotopic (exact) mass is 290 g/mol. The molecule has 0 saturated carbocycles. The Balaban J connectivity index is 2.52. The molecule has 0 aliphatic carbocycles. The van der Waals surface area contributed by atoms with Crippen LogP contribution in [0, 0.1) is 0 Å². The van der Waals surface area contributed by atoms with Crippen LogP contribution in [0.2, 0.25) is 0 Å². The highest BCUT2D eigenvalue weighted by molar-refractivity contribution is 5.84. The van der Waals surface area contributed by atoms with Crippen LogP contribution in [-0.2, 0) is 14.9 Å². The first-order valence-electron chi connectivity index (χ1n) is 7.32. The van der Waals surface area contributed by atoms with E-state index in [2.05, 4.69) is 9.97 Å². The zero-order valence-electron chi connectivity index (χ0n) is 13.0. The van der Waals surface area contributed by atoms with Crippen LogP contribution in [-0.4, -0.2) is 29.7 Å². The van der Waals surface area contributed by atoms with Crippen LogP contribution in [0.1, 0.15) is 39.4 Å². The molecule has 2 rings (SSSR count). The zero-order chi connectivity index (χ0) is 15.5. The molecule has 1 aromatic carbocycles. The minimum atomic E-state index is -0.720. The predicted octanol–water partition coefficient (Wildman–Crippen LogP) is 3.19. The van der Waals surface area contributed by atoms with Gasteiger partial charge in [0.05, 0.1) is 24.8 Å². The lowest BCUT2D eigenvalue weighted by molar-refractivity contribution is -0.150. The standard InChI is InChI=1S/C16H22N2O3/c1-5-16(6-2,15(19)21-7-3)14-17-12-9-8-11(20-4)10-13(12)18-14/h8-10H,5-7H2,1-4H3,(H,17,18). The smallest absolute Gasteiger partial charge is 0.319 e. The van der Waals surface area contributed by atoms with E-state index in [-0.39, 0.29) is 5.97 Å². The van der Waals surface area contributed by atoms with Gasteiger partial charge in [0, 0.05) is 6.07 Å². The lowest BCUT2D eigenvalue weighted by atomic mass is 9.81. The number of ether oxygens (including phenoxy) is 2. The summed E-state index contributed by atoms with van der Waals surface area (Å²) in [5.74, 6) is 1.20. The van der Waals surface area contributed by atoms with Gasteiger partial charge in [0.1, 0.15) is 17.0 Å². The van der Waals surface area contributed by atoms with Gasteiger partial charge in [0.2, 0.25) is 0 Å². The minimum Gasteiger partial charge on any atom is -0.497 e. The Morgan fingerprint density at radius 3 is 2.57 bits per heavy atom. The van der Waals surface area contributed by atoms with Crippen LogP contribution in [0.4, 0.5) is 0 Å². The largest absolute Gasteiger partial charge is 0.497 e. The number of nitrogens with one attached hydrogen (secondary N) is 1. The van der Waals surface area contributed by atoms with E-state index in [0.717, 1.165) is 16.8 Å². The van der Waals surface area contributed by atoms with Gasteiger partial charge >= 0.3 is 5.97 Å². The Bertz CT molecular complexity index is 629. The number of esters is 1. The van der Waals surface area contributed by atoms with Crippen molar-refractivity contribution in [3.05, 3.63) is 24.0 Å². The van der Waals surface area contributed by atoms with Gasteiger partial charge in [-0.05, 0) is 31.9 Å². The normalized spacial score (nSPS) is 11.6. The van der Waals surface area contributed by atoms with E-state index in [1.54, 1.807) is 7.11 Å². The fourth-order valence-corrected chi connectivity index (χ4v) is 2.58. The molecule has 0 atom stereocenters. The van der Waals surface area contributed by atoms with E-state index in [0.29, 0.717) is 25.3 Å². The van der Waals surface area contributed by atoms with Gasteiger partial charge in [-0.1, -0.05) is 13.8 Å². The van der Waals surface area contributed by atoms with Crippen molar-refractivity contribution in [3.8, 4) is 5.75 Å². The van der Waals surface area contributed by atoms with Gasteiger partial charge in [-0.25, -0.2) is 4.98 Å². The number of hydrogen-bond donors (Lipinski definition) is 1. The van der Waals surface area contributed by atoms with Crippen molar-refractivity contribution in [2.45, 2.75) is 39.0 Å². The number of imidazole rings is 1. The number of aromatic amines is 1. The molecule has 2 aromatic rings. The molecule has 0 unspecified atom stereocenters. The summed E-state index contributed by atoms with van der Waals surface area (Å²) in [6.45, 7) is 6.15. The molecule has 0 amide bonds. The average molecular weight is 290 g/mol. The van der Waals surface area contributed by atoms with E-state index in [1.807, 2.05) is 39.0 Å². The number of benzene rings is 1. The number of carbonyl (C=O) groups excluding carboxylic acids is 1. The van der Waals surface area contributed by atoms with Crippen LogP contribution in [0.25, 0.3) is 11.0 Å². The van der Waals surface area contributed by atoms with Gasteiger partial charge < -0.3 is 14.5 Å². The highest BCUT2D eigenvalue weighted by Gasteiger charge is 2.41. The summed E-state index contributed by atoms with van der Waals surface area (Å²) >= 11 is 0. The summed E-state index contributed by atoms with van der Waals surface area (Å²) < 4.78 is 10.5. The fraction of sp³-hybridized carbons (Fsp3) is 0.500. The number of hydrogen-bond acceptors (Lipinski definition) is 4. The Kier molecular flexibility index (Phi) is 4.50. The molecule has 1 heterocycles. The Morgan fingerprint density at radius 2 is 2.00 bits per heavy atom. The second-order valence-corrected chi connectivity index (χ2v) is 4.98. The molecule has 1 N–H and O–H groups in total. The van der Waals surface area contributed by atoms with E-state index >= 15 is 0 Å². The molecule has 0 fully saturated rings. The van der Waals surface area contributed by atoms with Crippen LogP contribution in [0.5, 0.6) is 5.75 Å². The van der Waals surface area contributed by atoms with Crippen molar-refractivity contribution in [1.82, 2.24) is 9.97 Å². The molecule has 0 bridgehead atoms. The van der Waals surface area contributed by atoms with Crippen molar-refractivity contribution in [2.75, 3.05) is 13.7 Å². The first-order chi connectivity index (χ1) is 10.1. The summed E-state index contributed by atoms with van der Waals surface area (Å²) in [5.41, 5.74) is 0.962. The fourth-order valence-electron chi connectivity index (χ4n) is 2.58. The predicted molar refractivity (Wildman–Crippen MR) is 81.5 cm³/mol. The zero-order valence-corrected chi connectivity index (χ0v) is 13.0. The lowest BCUT2D eigenvalue weighted by Gasteiger charge is -2.26. The van der Waals surface area contributed by atoms with E-state index in [9.17, 15) is 4.79 Å². The van der Waals surface area contributed by atoms with E-state index < -0.39 is 5.41 Å². The second kappa shape index (κ2) is 6.16. The number of methoxy groups -OCH3 is 1. The molecule has 114 valence electrons. The van der Waals surface area contributed by atoms with Gasteiger partial charge in [-0.15, -0.1) is 0 Å². The minimum absolute atomic E-state index is 0.221. The topological polar surface area (TPSA) is 64.2 Å². The molecule has 0 aliphatic heterocycles. The van der Waals surface area contributed by atoms with E-state index in [1.165, 1.54) is 0 Å². The van der Waals surface area contributed by atoms with Crippen LogP contribution >= 0.6 is 0 Å². The number of fused-ring (bicyclic) bond motifs is 1. The maximum atomic E-state index is 12.4. The van der Waals surface area contributed by atoms with Crippen LogP contribution < -0.4 is 4.74 Å². The molecule has 5 heteroatoms.